The Kier molecular flexibility index (Phi) is 8.02. The molecule has 0 bridgehead atoms. The predicted molar refractivity (Wildman–Crippen MR) is 79.4 cm³/mol. The van der Waals surface area contributed by atoms with E-state index in [0.717, 1.165) is 13.1 Å². The summed E-state index contributed by atoms with van der Waals surface area (Å²) in [7, 11) is 4.13. The number of ether oxygens (including phenoxy) is 1. The van der Waals surface area contributed by atoms with Gasteiger partial charge in [0.25, 0.3) is 0 Å². The maximum Gasteiger partial charge on any atom is 0.407 e. The van der Waals surface area contributed by atoms with Gasteiger partial charge in [0.15, 0.2) is 0 Å². The van der Waals surface area contributed by atoms with Crippen molar-refractivity contribution >= 4 is 6.09 Å². The molecule has 114 valence electrons. The molecule has 1 amide bonds. The van der Waals surface area contributed by atoms with E-state index in [9.17, 15) is 4.79 Å². The van der Waals surface area contributed by atoms with Gasteiger partial charge in [-0.15, -0.1) is 0 Å². The van der Waals surface area contributed by atoms with Crippen molar-refractivity contribution in [2.75, 3.05) is 33.7 Å². The topological polar surface area (TPSA) is 53.6 Å². The molecule has 0 aliphatic carbocycles. The molecule has 0 spiro atoms. The molecule has 0 rings (SSSR count). The first-order chi connectivity index (χ1) is 8.61. The molecule has 1 unspecified atom stereocenters. The zero-order valence-electron chi connectivity index (χ0n) is 13.5. The van der Waals surface area contributed by atoms with Crippen molar-refractivity contribution in [2.24, 2.45) is 5.92 Å². The van der Waals surface area contributed by atoms with Crippen LogP contribution in [0.4, 0.5) is 4.79 Å². The molecule has 19 heavy (non-hydrogen) atoms. The van der Waals surface area contributed by atoms with Gasteiger partial charge in [-0.3, -0.25) is 0 Å². The first-order valence-electron chi connectivity index (χ1n) is 6.97. The van der Waals surface area contributed by atoms with E-state index in [2.05, 4.69) is 43.5 Å². The lowest BCUT2D eigenvalue weighted by Crippen LogP contribution is -2.45. The number of rotatable bonds is 7. The third kappa shape index (κ3) is 10.8. The third-order valence-corrected chi connectivity index (χ3v) is 2.57. The zero-order valence-corrected chi connectivity index (χ0v) is 13.5. The number of amides is 1. The number of nitrogens with zero attached hydrogens (tertiary/aromatic N) is 1. The van der Waals surface area contributed by atoms with Crippen LogP contribution in [0.1, 0.15) is 34.6 Å². The van der Waals surface area contributed by atoms with Gasteiger partial charge in [0.1, 0.15) is 5.60 Å². The molecule has 5 nitrogen and oxygen atoms in total. The lowest BCUT2D eigenvalue weighted by Gasteiger charge is -2.26. The van der Waals surface area contributed by atoms with Crippen molar-refractivity contribution < 1.29 is 9.53 Å². The van der Waals surface area contributed by atoms with Crippen LogP contribution in [0.5, 0.6) is 0 Å². The summed E-state index contributed by atoms with van der Waals surface area (Å²) in [6.45, 7) is 12.3. The second-order valence-electron chi connectivity index (χ2n) is 6.50. The highest BCUT2D eigenvalue weighted by atomic mass is 16.6. The molecule has 5 heteroatoms. The summed E-state index contributed by atoms with van der Waals surface area (Å²) in [6.07, 6.45) is -0.358. The number of carbonyl (C=O) groups is 1. The molecule has 0 radical (unpaired) electrons. The number of alkyl carbamates (subject to hydrolysis) is 1. The second-order valence-corrected chi connectivity index (χ2v) is 6.50. The molecule has 1 atom stereocenters. The SMILES string of the molecule is CC(C)C(CN(C)C)NCCNC(=O)OC(C)(C)C. The quantitative estimate of drug-likeness (QED) is 0.693. The summed E-state index contributed by atoms with van der Waals surface area (Å²) >= 11 is 0. The second kappa shape index (κ2) is 8.38. The lowest BCUT2D eigenvalue weighted by atomic mass is 10.0. The summed E-state index contributed by atoms with van der Waals surface area (Å²) in [5.74, 6) is 0.559. The number of carbonyl (C=O) groups excluding carboxylic acids is 1. The molecule has 0 saturated carbocycles. The molecular weight excluding hydrogens is 242 g/mol. The van der Waals surface area contributed by atoms with Crippen LogP contribution in [0.2, 0.25) is 0 Å². The Morgan fingerprint density at radius 3 is 2.21 bits per heavy atom. The minimum Gasteiger partial charge on any atom is -0.444 e. The van der Waals surface area contributed by atoms with Crippen LogP contribution in [-0.2, 0) is 4.74 Å². The van der Waals surface area contributed by atoms with Crippen LogP contribution in [-0.4, -0.2) is 56.4 Å². The largest absolute Gasteiger partial charge is 0.444 e. The highest BCUT2D eigenvalue weighted by Crippen LogP contribution is 2.06. The molecule has 2 N–H and O–H groups in total. The summed E-state index contributed by atoms with van der Waals surface area (Å²) in [5, 5.41) is 6.21. The fourth-order valence-electron chi connectivity index (χ4n) is 1.64. The van der Waals surface area contributed by atoms with Gasteiger partial charge >= 0.3 is 6.09 Å². The van der Waals surface area contributed by atoms with Crippen molar-refractivity contribution in [3.8, 4) is 0 Å². The van der Waals surface area contributed by atoms with Crippen molar-refractivity contribution in [1.82, 2.24) is 15.5 Å². The van der Waals surface area contributed by atoms with E-state index >= 15 is 0 Å². The summed E-state index contributed by atoms with van der Waals surface area (Å²) < 4.78 is 5.17. The average Bonchev–Trinajstić information content (AvgIpc) is 2.19. The first kappa shape index (κ1) is 18.2. The van der Waals surface area contributed by atoms with Crippen LogP contribution in [0.15, 0.2) is 0 Å². The molecule has 0 fully saturated rings. The van der Waals surface area contributed by atoms with Crippen LogP contribution >= 0.6 is 0 Å². The van der Waals surface area contributed by atoms with E-state index in [0.29, 0.717) is 18.5 Å². The Bertz CT molecular complexity index is 260. The monoisotopic (exact) mass is 273 g/mol. The molecule has 0 aromatic heterocycles. The lowest BCUT2D eigenvalue weighted by molar-refractivity contribution is 0.0527. The van der Waals surface area contributed by atoms with Crippen molar-refractivity contribution in [2.45, 2.75) is 46.3 Å². The highest BCUT2D eigenvalue weighted by molar-refractivity contribution is 5.67. The van der Waals surface area contributed by atoms with E-state index in [-0.39, 0.29) is 6.09 Å². The fraction of sp³-hybridized carbons (Fsp3) is 0.929. The summed E-state index contributed by atoms with van der Waals surface area (Å²) in [6, 6.07) is 0.426. The Labute approximate surface area is 118 Å². The molecule has 0 saturated heterocycles. The van der Waals surface area contributed by atoms with Gasteiger partial charge in [-0.2, -0.15) is 0 Å². The first-order valence-corrected chi connectivity index (χ1v) is 6.97. The number of hydrogen-bond donors (Lipinski definition) is 2. The third-order valence-electron chi connectivity index (χ3n) is 2.57. The Balaban J connectivity index is 3.85. The van der Waals surface area contributed by atoms with Gasteiger partial charge < -0.3 is 20.3 Å². The van der Waals surface area contributed by atoms with Crippen LogP contribution in [0.25, 0.3) is 0 Å². The van der Waals surface area contributed by atoms with Gasteiger partial charge in [0.2, 0.25) is 0 Å². The molecule has 0 aliphatic heterocycles. The standard InChI is InChI=1S/C14H31N3O2/c1-11(2)12(10-17(6)7)15-8-9-16-13(18)19-14(3,4)5/h11-12,15H,8-10H2,1-7H3,(H,16,18). The van der Waals surface area contributed by atoms with Gasteiger partial charge in [-0.1, -0.05) is 13.8 Å². The Hall–Kier alpha value is -0.810. The smallest absolute Gasteiger partial charge is 0.407 e. The molecule has 0 aromatic rings. The van der Waals surface area contributed by atoms with Gasteiger partial charge in [-0.05, 0) is 40.8 Å². The Morgan fingerprint density at radius 1 is 1.21 bits per heavy atom. The van der Waals surface area contributed by atoms with Crippen molar-refractivity contribution in [3.05, 3.63) is 0 Å². The fourth-order valence-corrected chi connectivity index (χ4v) is 1.64. The van der Waals surface area contributed by atoms with Gasteiger partial charge in [0.05, 0.1) is 0 Å². The highest BCUT2D eigenvalue weighted by Gasteiger charge is 2.16. The normalized spacial score (nSPS) is 13.7. The van der Waals surface area contributed by atoms with Crippen LogP contribution in [0, 0.1) is 5.92 Å². The molecular formula is C14H31N3O2. The van der Waals surface area contributed by atoms with Gasteiger partial charge in [0, 0.05) is 25.7 Å². The molecule has 0 heterocycles. The minimum atomic E-state index is -0.442. The summed E-state index contributed by atoms with van der Waals surface area (Å²) in [4.78, 5) is 13.6. The van der Waals surface area contributed by atoms with E-state index < -0.39 is 5.60 Å². The van der Waals surface area contributed by atoms with E-state index in [1.807, 2.05) is 20.8 Å². The van der Waals surface area contributed by atoms with Crippen molar-refractivity contribution in [3.63, 3.8) is 0 Å². The van der Waals surface area contributed by atoms with Crippen LogP contribution in [0.3, 0.4) is 0 Å². The van der Waals surface area contributed by atoms with E-state index in [1.54, 1.807) is 0 Å². The number of nitrogens with one attached hydrogen (secondary N) is 2. The zero-order chi connectivity index (χ0) is 15.1. The van der Waals surface area contributed by atoms with E-state index in [1.165, 1.54) is 0 Å². The number of likely N-dealkylation sites (N-methyl/N-ethyl adjacent to an activating group) is 1. The molecule has 0 aliphatic rings. The van der Waals surface area contributed by atoms with E-state index in [4.69, 9.17) is 4.74 Å². The molecule has 0 aromatic carbocycles. The van der Waals surface area contributed by atoms with Gasteiger partial charge in [-0.25, -0.2) is 4.79 Å². The Morgan fingerprint density at radius 2 is 1.79 bits per heavy atom. The average molecular weight is 273 g/mol. The predicted octanol–water partition coefficient (Wildman–Crippen LogP) is 1.69. The maximum absolute atomic E-state index is 11.4. The minimum absolute atomic E-state index is 0.358. The van der Waals surface area contributed by atoms with Crippen molar-refractivity contribution in [1.29, 1.82) is 0 Å². The number of hydrogen-bond acceptors (Lipinski definition) is 4. The maximum atomic E-state index is 11.4. The van der Waals surface area contributed by atoms with Crippen LogP contribution < -0.4 is 10.6 Å². The summed E-state index contributed by atoms with van der Waals surface area (Å²) in [5.41, 5.74) is -0.442.